The second-order valence-corrected chi connectivity index (χ2v) is 6.06. The molecule has 3 nitrogen and oxygen atoms in total. The molecular weight excluding hydrogens is 262 g/mol. The Morgan fingerprint density at radius 3 is 2.71 bits per heavy atom. The Hall–Kier alpha value is -1.22. The van der Waals surface area contributed by atoms with Crippen LogP contribution in [0.5, 0.6) is 5.75 Å². The van der Waals surface area contributed by atoms with Gasteiger partial charge in [-0.1, -0.05) is 38.2 Å². The summed E-state index contributed by atoms with van der Waals surface area (Å²) in [5.41, 5.74) is 2.33. The first-order valence-corrected chi connectivity index (χ1v) is 8.26. The molecule has 1 aromatic carbocycles. The molecule has 21 heavy (non-hydrogen) atoms. The van der Waals surface area contributed by atoms with Crippen molar-refractivity contribution in [2.75, 3.05) is 32.2 Å². The second-order valence-electron chi connectivity index (χ2n) is 6.06. The van der Waals surface area contributed by atoms with Crippen LogP contribution in [0.15, 0.2) is 18.2 Å². The van der Waals surface area contributed by atoms with E-state index in [1.807, 2.05) is 0 Å². The van der Waals surface area contributed by atoms with Crippen LogP contribution in [0.4, 0.5) is 5.69 Å². The van der Waals surface area contributed by atoms with Crippen LogP contribution in [0.2, 0.25) is 0 Å². The number of aryl methyl sites for hydroxylation is 1. The van der Waals surface area contributed by atoms with Gasteiger partial charge in [0.1, 0.15) is 12.4 Å². The average molecular weight is 291 g/mol. The van der Waals surface area contributed by atoms with Gasteiger partial charge in [0.2, 0.25) is 0 Å². The molecule has 0 atom stereocenters. The van der Waals surface area contributed by atoms with Gasteiger partial charge in [0, 0.05) is 13.7 Å². The first-order chi connectivity index (χ1) is 10.3. The highest BCUT2D eigenvalue weighted by Crippen LogP contribution is 2.28. The highest BCUT2D eigenvalue weighted by Gasteiger charge is 2.13. The second kappa shape index (κ2) is 8.93. The molecule has 1 N–H and O–H groups in total. The largest absolute Gasteiger partial charge is 0.489 e. The highest BCUT2D eigenvalue weighted by molar-refractivity contribution is 5.57. The minimum atomic E-state index is 0.595. The Morgan fingerprint density at radius 1 is 1.14 bits per heavy atom. The third kappa shape index (κ3) is 5.58. The molecule has 2 rings (SSSR count). The van der Waals surface area contributed by atoms with E-state index in [1.165, 1.54) is 44.1 Å². The monoisotopic (exact) mass is 291 g/mol. The number of hydrogen-bond acceptors (Lipinski definition) is 3. The molecule has 0 saturated heterocycles. The van der Waals surface area contributed by atoms with Crippen molar-refractivity contribution in [2.24, 2.45) is 5.92 Å². The lowest BCUT2D eigenvalue weighted by Crippen LogP contribution is -2.13. The van der Waals surface area contributed by atoms with Crippen molar-refractivity contribution in [3.05, 3.63) is 23.8 Å². The van der Waals surface area contributed by atoms with Crippen LogP contribution in [-0.4, -0.2) is 26.9 Å². The molecule has 1 aromatic rings. The van der Waals surface area contributed by atoms with Gasteiger partial charge in [-0.3, -0.25) is 0 Å². The van der Waals surface area contributed by atoms with Gasteiger partial charge in [-0.2, -0.15) is 0 Å². The van der Waals surface area contributed by atoms with Crippen LogP contribution >= 0.6 is 0 Å². The van der Waals surface area contributed by atoms with Crippen molar-refractivity contribution >= 4 is 5.69 Å². The number of hydrogen-bond donors (Lipinski definition) is 1. The zero-order valence-electron chi connectivity index (χ0n) is 13.5. The lowest BCUT2D eigenvalue weighted by molar-refractivity contribution is 0.146. The molecule has 118 valence electrons. The fraction of sp³-hybridized carbons (Fsp3) is 0.667. The van der Waals surface area contributed by atoms with Gasteiger partial charge in [-0.25, -0.2) is 0 Å². The molecule has 1 aliphatic rings. The SMILES string of the molecule is COCCOc1cc(C)ccc1NCCC1CCCCC1. The fourth-order valence-electron chi connectivity index (χ4n) is 3.02. The molecule has 0 heterocycles. The number of benzene rings is 1. The summed E-state index contributed by atoms with van der Waals surface area (Å²) in [6, 6.07) is 6.35. The van der Waals surface area contributed by atoms with Crippen molar-refractivity contribution in [1.82, 2.24) is 0 Å². The van der Waals surface area contributed by atoms with Gasteiger partial charge in [0.15, 0.2) is 0 Å². The zero-order valence-corrected chi connectivity index (χ0v) is 13.5. The van der Waals surface area contributed by atoms with Crippen molar-refractivity contribution in [2.45, 2.75) is 45.4 Å². The van der Waals surface area contributed by atoms with Crippen molar-refractivity contribution in [3.8, 4) is 5.75 Å². The average Bonchev–Trinajstić information content (AvgIpc) is 2.51. The number of nitrogens with one attached hydrogen (secondary N) is 1. The molecule has 3 heteroatoms. The summed E-state index contributed by atoms with van der Waals surface area (Å²) in [7, 11) is 1.70. The molecule has 0 radical (unpaired) electrons. The molecule has 1 saturated carbocycles. The maximum Gasteiger partial charge on any atom is 0.142 e. The summed E-state index contributed by atoms with van der Waals surface area (Å²) in [5, 5.41) is 3.55. The fourth-order valence-corrected chi connectivity index (χ4v) is 3.02. The zero-order chi connectivity index (χ0) is 14.9. The van der Waals surface area contributed by atoms with E-state index in [0.29, 0.717) is 13.2 Å². The molecule has 1 fully saturated rings. The van der Waals surface area contributed by atoms with Crippen LogP contribution in [0.3, 0.4) is 0 Å². The number of methoxy groups -OCH3 is 1. The molecule has 1 aliphatic carbocycles. The molecular formula is C18H29NO2. The molecule has 0 spiro atoms. The summed E-state index contributed by atoms with van der Waals surface area (Å²) in [6.07, 6.45) is 8.35. The number of rotatable bonds is 8. The van der Waals surface area contributed by atoms with E-state index in [0.717, 1.165) is 23.9 Å². The molecule has 0 aliphatic heterocycles. The lowest BCUT2D eigenvalue weighted by Gasteiger charge is -2.22. The third-order valence-electron chi connectivity index (χ3n) is 4.27. The first-order valence-electron chi connectivity index (χ1n) is 8.26. The topological polar surface area (TPSA) is 30.5 Å². The van der Waals surface area contributed by atoms with E-state index in [2.05, 4.69) is 30.4 Å². The van der Waals surface area contributed by atoms with Gasteiger partial charge in [0.05, 0.1) is 12.3 Å². The minimum absolute atomic E-state index is 0.595. The van der Waals surface area contributed by atoms with E-state index >= 15 is 0 Å². The van der Waals surface area contributed by atoms with Gasteiger partial charge in [-0.15, -0.1) is 0 Å². The number of anilines is 1. The maximum atomic E-state index is 5.81. The first kappa shape index (κ1) is 16.2. The van der Waals surface area contributed by atoms with Crippen molar-refractivity contribution < 1.29 is 9.47 Å². The van der Waals surface area contributed by atoms with Crippen LogP contribution in [-0.2, 0) is 4.74 Å². The number of ether oxygens (including phenoxy) is 2. The normalized spacial score (nSPS) is 15.9. The standard InChI is InChI=1S/C18H29NO2/c1-15-8-9-17(18(14-15)21-13-12-20-2)19-11-10-16-6-4-3-5-7-16/h8-9,14,16,19H,3-7,10-13H2,1-2H3. The van der Waals surface area contributed by atoms with E-state index in [-0.39, 0.29) is 0 Å². The van der Waals surface area contributed by atoms with Gasteiger partial charge in [0.25, 0.3) is 0 Å². The van der Waals surface area contributed by atoms with E-state index < -0.39 is 0 Å². The van der Waals surface area contributed by atoms with Crippen LogP contribution < -0.4 is 10.1 Å². The predicted octanol–water partition coefficient (Wildman–Crippen LogP) is 4.40. The molecule has 0 amide bonds. The summed E-state index contributed by atoms with van der Waals surface area (Å²) < 4.78 is 10.9. The van der Waals surface area contributed by atoms with Crippen LogP contribution in [0.25, 0.3) is 0 Å². The molecule has 0 bridgehead atoms. The van der Waals surface area contributed by atoms with Crippen molar-refractivity contribution in [3.63, 3.8) is 0 Å². The quantitative estimate of drug-likeness (QED) is 0.720. The smallest absolute Gasteiger partial charge is 0.142 e. The summed E-state index contributed by atoms with van der Waals surface area (Å²) in [6.45, 7) is 4.34. The van der Waals surface area contributed by atoms with Gasteiger partial charge >= 0.3 is 0 Å². The minimum Gasteiger partial charge on any atom is -0.489 e. The Kier molecular flexibility index (Phi) is 6.87. The Balaban J connectivity index is 1.82. The van der Waals surface area contributed by atoms with E-state index in [4.69, 9.17) is 9.47 Å². The summed E-state index contributed by atoms with van der Waals surface area (Å²) >= 11 is 0. The van der Waals surface area contributed by atoms with Gasteiger partial charge < -0.3 is 14.8 Å². The van der Waals surface area contributed by atoms with Crippen molar-refractivity contribution in [1.29, 1.82) is 0 Å². The maximum absolute atomic E-state index is 5.81. The summed E-state index contributed by atoms with van der Waals surface area (Å²) in [5.74, 6) is 1.85. The Bertz CT molecular complexity index is 414. The molecule has 0 unspecified atom stereocenters. The lowest BCUT2D eigenvalue weighted by atomic mass is 9.87. The van der Waals surface area contributed by atoms with Gasteiger partial charge in [-0.05, 0) is 37.0 Å². The Labute approximate surface area is 129 Å². The van der Waals surface area contributed by atoms with Crippen LogP contribution in [0, 0.1) is 12.8 Å². The summed E-state index contributed by atoms with van der Waals surface area (Å²) in [4.78, 5) is 0. The van der Waals surface area contributed by atoms with Crippen LogP contribution in [0.1, 0.15) is 44.1 Å². The van der Waals surface area contributed by atoms with E-state index in [9.17, 15) is 0 Å². The Morgan fingerprint density at radius 2 is 1.95 bits per heavy atom. The third-order valence-corrected chi connectivity index (χ3v) is 4.27. The highest BCUT2D eigenvalue weighted by atomic mass is 16.5. The van der Waals surface area contributed by atoms with E-state index in [1.54, 1.807) is 7.11 Å². The predicted molar refractivity (Wildman–Crippen MR) is 88.2 cm³/mol. The molecule has 0 aromatic heterocycles.